The van der Waals surface area contributed by atoms with Crippen molar-refractivity contribution >= 4 is 65.0 Å². The molecule has 0 bridgehead atoms. The summed E-state index contributed by atoms with van der Waals surface area (Å²) in [5, 5.41) is 10.5. The molecule has 11 aromatic rings. The van der Waals surface area contributed by atoms with Gasteiger partial charge in [-0.3, -0.25) is 0 Å². The average molecular weight is 686 g/mol. The zero-order valence-electron chi connectivity index (χ0n) is 29.2. The first-order chi connectivity index (χ1) is 26.8. The zero-order valence-corrected chi connectivity index (χ0v) is 29.2. The van der Waals surface area contributed by atoms with Crippen LogP contribution in [0.2, 0.25) is 0 Å². The van der Waals surface area contributed by atoms with Gasteiger partial charge in [0.15, 0.2) is 0 Å². The van der Waals surface area contributed by atoms with Crippen LogP contribution in [0, 0.1) is 0 Å². The quantitative estimate of drug-likeness (QED) is 0.173. The fourth-order valence-corrected chi connectivity index (χ4v) is 8.24. The number of benzene rings is 8. The van der Waals surface area contributed by atoms with E-state index in [-0.39, 0.29) is 0 Å². The molecule has 0 N–H and O–H groups in total. The summed E-state index contributed by atoms with van der Waals surface area (Å²) in [5.74, 6) is 0. The molecule has 0 aliphatic carbocycles. The van der Waals surface area contributed by atoms with Gasteiger partial charge in [-0.25, -0.2) is 15.0 Å². The Labute approximate surface area is 311 Å². The molecular weight excluding hydrogens is 655 g/mol. The van der Waals surface area contributed by atoms with Crippen LogP contribution in [-0.2, 0) is 0 Å². The molecule has 3 heteroatoms. The summed E-state index contributed by atoms with van der Waals surface area (Å²) in [7, 11) is 0. The van der Waals surface area contributed by atoms with Gasteiger partial charge >= 0.3 is 0 Å². The lowest BCUT2D eigenvalue weighted by Gasteiger charge is -2.15. The van der Waals surface area contributed by atoms with Crippen molar-refractivity contribution in [2.75, 3.05) is 0 Å². The van der Waals surface area contributed by atoms with Crippen LogP contribution in [0.25, 0.3) is 110 Å². The summed E-state index contributed by atoms with van der Waals surface area (Å²) in [6, 6.07) is 66.7. The minimum absolute atomic E-state index is 0.909. The number of hydrogen-bond acceptors (Lipinski definition) is 3. The van der Waals surface area contributed by atoms with Crippen molar-refractivity contribution in [3.05, 3.63) is 188 Å². The Morgan fingerprint density at radius 2 is 0.870 bits per heavy atom. The smallest absolute Gasteiger partial charge is 0.0972 e. The van der Waals surface area contributed by atoms with Crippen molar-refractivity contribution in [3.63, 3.8) is 0 Å². The van der Waals surface area contributed by atoms with Gasteiger partial charge in [0.2, 0.25) is 0 Å². The molecule has 0 unspecified atom stereocenters. The third-order valence-corrected chi connectivity index (χ3v) is 10.8. The Bertz CT molecular complexity index is 3260. The zero-order chi connectivity index (χ0) is 35.6. The number of rotatable bonds is 4. The van der Waals surface area contributed by atoms with Crippen LogP contribution < -0.4 is 0 Å². The van der Waals surface area contributed by atoms with E-state index in [1.54, 1.807) is 0 Å². The maximum absolute atomic E-state index is 5.32. The molecule has 3 heterocycles. The lowest BCUT2D eigenvalue weighted by Crippen LogP contribution is -1.93. The molecule has 3 nitrogen and oxygen atoms in total. The predicted molar refractivity (Wildman–Crippen MR) is 227 cm³/mol. The van der Waals surface area contributed by atoms with E-state index < -0.39 is 0 Å². The monoisotopic (exact) mass is 685 g/mol. The second kappa shape index (κ2) is 12.2. The maximum Gasteiger partial charge on any atom is 0.0972 e. The van der Waals surface area contributed by atoms with Crippen molar-refractivity contribution in [2.24, 2.45) is 0 Å². The number of nitrogens with zero attached hydrogens (tertiary/aromatic N) is 3. The largest absolute Gasteiger partial charge is 0.247 e. The molecule has 0 amide bonds. The molecule has 0 saturated carbocycles. The number of pyridine rings is 3. The molecule has 3 aromatic heterocycles. The fourth-order valence-electron chi connectivity index (χ4n) is 8.24. The average Bonchev–Trinajstić information content (AvgIpc) is 3.25. The molecule has 11 rings (SSSR count). The summed E-state index contributed by atoms with van der Waals surface area (Å²) in [5.41, 5.74) is 11.3. The Morgan fingerprint density at radius 1 is 0.296 bits per heavy atom. The van der Waals surface area contributed by atoms with Crippen molar-refractivity contribution < 1.29 is 0 Å². The van der Waals surface area contributed by atoms with Crippen LogP contribution in [0.3, 0.4) is 0 Å². The standard InChI is InChI=1S/C51H31N3/c1-2-12-33(13-3-1)45-29-24-34-21-22-35-25-30-47(54-51(35)50(34)52-45)42-28-27-38(40-17-6-7-18-41(40)42)36-14-10-15-37(31-36)49-44-26-23-32-11-4-5-16-39(32)48(44)43-19-8-9-20-46(43)53-49/h1-31H. The lowest BCUT2D eigenvalue weighted by molar-refractivity contribution is 1.37. The Balaban J connectivity index is 1.06. The van der Waals surface area contributed by atoms with Crippen LogP contribution in [-0.4, -0.2) is 15.0 Å². The van der Waals surface area contributed by atoms with Gasteiger partial charge in [-0.2, -0.15) is 0 Å². The van der Waals surface area contributed by atoms with Gasteiger partial charge in [-0.05, 0) is 56.9 Å². The van der Waals surface area contributed by atoms with Crippen molar-refractivity contribution in [1.29, 1.82) is 0 Å². The molecular formula is C51H31N3. The first kappa shape index (κ1) is 30.4. The minimum atomic E-state index is 0.909. The Kier molecular flexibility index (Phi) is 6.86. The SMILES string of the molecule is c1ccc(-c2ccc3ccc4ccc(-c5ccc(-c6cccc(-c7nc8ccccc8c8c7ccc7ccccc78)c6)c6ccccc56)nc4c3n2)cc1. The van der Waals surface area contributed by atoms with E-state index in [0.29, 0.717) is 0 Å². The van der Waals surface area contributed by atoms with Gasteiger partial charge in [0, 0.05) is 43.6 Å². The van der Waals surface area contributed by atoms with E-state index in [4.69, 9.17) is 15.0 Å². The highest BCUT2D eigenvalue weighted by Gasteiger charge is 2.16. The fraction of sp³-hybridized carbons (Fsp3) is 0. The summed E-state index contributed by atoms with van der Waals surface area (Å²) in [4.78, 5) is 15.7. The van der Waals surface area contributed by atoms with E-state index in [0.717, 1.165) is 77.4 Å². The van der Waals surface area contributed by atoms with Crippen LogP contribution in [0.15, 0.2) is 188 Å². The molecule has 54 heavy (non-hydrogen) atoms. The molecule has 0 atom stereocenters. The first-order valence-corrected chi connectivity index (χ1v) is 18.4. The second-order valence-electron chi connectivity index (χ2n) is 13.9. The summed E-state index contributed by atoms with van der Waals surface area (Å²) in [6.07, 6.45) is 0. The second-order valence-corrected chi connectivity index (χ2v) is 13.9. The highest BCUT2D eigenvalue weighted by Crippen LogP contribution is 2.40. The van der Waals surface area contributed by atoms with E-state index in [2.05, 4.69) is 182 Å². The number of fused-ring (bicyclic) bond motifs is 9. The van der Waals surface area contributed by atoms with Crippen LogP contribution >= 0.6 is 0 Å². The summed E-state index contributed by atoms with van der Waals surface area (Å²) >= 11 is 0. The summed E-state index contributed by atoms with van der Waals surface area (Å²) < 4.78 is 0. The van der Waals surface area contributed by atoms with E-state index in [1.165, 1.54) is 32.5 Å². The van der Waals surface area contributed by atoms with E-state index in [9.17, 15) is 0 Å². The molecule has 0 fully saturated rings. The van der Waals surface area contributed by atoms with Crippen molar-refractivity contribution in [1.82, 2.24) is 15.0 Å². The molecule has 8 aromatic carbocycles. The third-order valence-electron chi connectivity index (χ3n) is 10.8. The lowest BCUT2D eigenvalue weighted by atomic mass is 9.91. The van der Waals surface area contributed by atoms with E-state index in [1.807, 2.05) is 6.07 Å². The normalized spacial score (nSPS) is 11.7. The van der Waals surface area contributed by atoms with E-state index >= 15 is 0 Å². The van der Waals surface area contributed by atoms with Crippen LogP contribution in [0.4, 0.5) is 0 Å². The minimum Gasteiger partial charge on any atom is -0.247 e. The Morgan fingerprint density at radius 3 is 1.69 bits per heavy atom. The van der Waals surface area contributed by atoms with Crippen molar-refractivity contribution in [2.45, 2.75) is 0 Å². The number of hydrogen-bond donors (Lipinski definition) is 0. The molecule has 0 spiro atoms. The summed E-state index contributed by atoms with van der Waals surface area (Å²) in [6.45, 7) is 0. The Hall–Kier alpha value is -7.23. The maximum atomic E-state index is 5.32. The molecule has 0 saturated heterocycles. The number of para-hydroxylation sites is 1. The van der Waals surface area contributed by atoms with Crippen LogP contribution in [0.5, 0.6) is 0 Å². The molecule has 250 valence electrons. The predicted octanol–water partition coefficient (Wildman–Crippen LogP) is 13.5. The topological polar surface area (TPSA) is 38.7 Å². The van der Waals surface area contributed by atoms with Crippen LogP contribution in [0.1, 0.15) is 0 Å². The highest BCUT2D eigenvalue weighted by atomic mass is 14.8. The first-order valence-electron chi connectivity index (χ1n) is 18.4. The van der Waals surface area contributed by atoms with Gasteiger partial charge < -0.3 is 0 Å². The molecule has 0 aliphatic rings. The third kappa shape index (κ3) is 4.87. The van der Waals surface area contributed by atoms with Gasteiger partial charge in [-0.1, -0.05) is 164 Å². The van der Waals surface area contributed by atoms with Gasteiger partial charge in [0.25, 0.3) is 0 Å². The number of aromatic nitrogens is 3. The van der Waals surface area contributed by atoms with Gasteiger partial charge in [0.1, 0.15) is 0 Å². The van der Waals surface area contributed by atoms with Gasteiger partial charge in [0.05, 0.1) is 33.6 Å². The van der Waals surface area contributed by atoms with Gasteiger partial charge in [-0.15, -0.1) is 0 Å². The molecule has 0 aliphatic heterocycles. The van der Waals surface area contributed by atoms with Crippen molar-refractivity contribution in [3.8, 4) is 44.9 Å². The molecule has 0 radical (unpaired) electrons. The highest BCUT2D eigenvalue weighted by molar-refractivity contribution is 6.22.